The third-order valence-electron chi connectivity index (χ3n) is 6.57. The van der Waals surface area contributed by atoms with Gasteiger partial charge in [-0.05, 0) is 56.6 Å². The van der Waals surface area contributed by atoms with Crippen LogP contribution in [0.1, 0.15) is 19.3 Å². The Bertz CT molecular complexity index is 1330. The zero-order chi connectivity index (χ0) is 22.6. The van der Waals surface area contributed by atoms with Crippen molar-refractivity contribution in [2.45, 2.75) is 32.4 Å². The Morgan fingerprint density at radius 2 is 1.00 bits per heavy atom. The Hall–Kier alpha value is -2.26. The monoisotopic (exact) mass is 482 g/mol. The maximum Gasteiger partial charge on any atom is 0.308 e. The smallest absolute Gasteiger partial charge is 0.301 e. The van der Waals surface area contributed by atoms with Crippen molar-refractivity contribution in [1.82, 2.24) is 18.9 Å². The molecule has 2 aromatic carbocycles. The largest absolute Gasteiger partial charge is 0.308 e. The Morgan fingerprint density at radius 1 is 0.576 bits per heavy atom. The first kappa shape index (κ1) is 22.5. The van der Waals surface area contributed by atoms with Gasteiger partial charge in [-0.2, -0.15) is 0 Å². The summed E-state index contributed by atoms with van der Waals surface area (Å²) in [5.74, 6) is 0. The number of rotatable bonds is 9. The highest BCUT2D eigenvalue weighted by molar-refractivity contribution is 7.16. The number of unbranched alkanes of at least 4 members (excludes halogenated alkanes) is 1. The predicted octanol–water partition coefficient (Wildman–Crippen LogP) is 3.93. The zero-order valence-corrected chi connectivity index (χ0v) is 20.5. The number of aromatic nitrogens is 2. The molecular weight excluding hydrogens is 452 g/mol. The van der Waals surface area contributed by atoms with Crippen LogP contribution in [0, 0.1) is 0 Å². The van der Waals surface area contributed by atoms with E-state index in [1.165, 1.54) is 22.7 Å². The fraction of sp³-hybridized carbons (Fsp3) is 0.440. The van der Waals surface area contributed by atoms with Gasteiger partial charge in [0, 0.05) is 39.3 Å². The number of thiazole rings is 2. The quantitative estimate of drug-likeness (QED) is 0.339. The summed E-state index contributed by atoms with van der Waals surface area (Å²) in [6.45, 7) is 8.12. The van der Waals surface area contributed by atoms with E-state index in [1.807, 2.05) is 57.7 Å². The second-order valence-corrected chi connectivity index (χ2v) is 10.7. The van der Waals surface area contributed by atoms with Gasteiger partial charge in [-0.1, -0.05) is 46.9 Å². The Labute approximate surface area is 201 Å². The normalized spacial score (nSPS) is 15.6. The lowest BCUT2D eigenvalue weighted by Gasteiger charge is -2.34. The van der Waals surface area contributed by atoms with Gasteiger partial charge in [-0.3, -0.25) is 18.7 Å². The molecule has 174 valence electrons. The standard InChI is InChI=1S/C25H30N4O2S2/c30-24-28(20-8-1-3-10-22(20)32-24)14-6-5-12-26-16-18-27(19-17-26)13-7-15-29-21-9-2-4-11-23(21)33-25(29)31/h1-4,8-11H,5-7,12-19H2. The van der Waals surface area contributed by atoms with Gasteiger partial charge in [0.15, 0.2) is 0 Å². The molecule has 6 nitrogen and oxygen atoms in total. The number of aryl methyl sites for hydroxylation is 2. The third kappa shape index (κ3) is 5.14. The molecule has 0 N–H and O–H groups in total. The lowest BCUT2D eigenvalue weighted by Crippen LogP contribution is -2.46. The van der Waals surface area contributed by atoms with Crippen LogP contribution in [0.5, 0.6) is 0 Å². The van der Waals surface area contributed by atoms with Crippen molar-refractivity contribution >= 4 is 43.1 Å². The number of piperazine rings is 1. The molecule has 1 saturated heterocycles. The summed E-state index contributed by atoms with van der Waals surface area (Å²) in [6, 6.07) is 16.1. The number of hydrogen-bond acceptors (Lipinski definition) is 6. The van der Waals surface area contributed by atoms with Crippen LogP contribution in [0.2, 0.25) is 0 Å². The molecule has 1 aliphatic heterocycles. The number of benzene rings is 2. The molecule has 3 heterocycles. The topological polar surface area (TPSA) is 50.5 Å². The minimum Gasteiger partial charge on any atom is -0.301 e. The number of para-hydroxylation sites is 2. The first-order chi connectivity index (χ1) is 16.2. The molecule has 33 heavy (non-hydrogen) atoms. The van der Waals surface area contributed by atoms with E-state index < -0.39 is 0 Å². The van der Waals surface area contributed by atoms with Crippen LogP contribution in [0.4, 0.5) is 0 Å². The highest BCUT2D eigenvalue weighted by atomic mass is 32.1. The van der Waals surface area contributed by atoms with Crippen molar-refractivity contribution in [2.75, 3.05) is 39.3 Å². The molecule has 8 heteroatoms. The summed E-state index contributed by atoms with van der Waals surface area (Å²) in [5.41, 5.74) is 2.13. The lowest BCUT2D eigenvalue weighted by molar-refractivity contribution is 0.128. The van der Waals surface area contributed by atoms with E-state index in [9.17, 15) is 9.59 Å². The molecule has 1 fully saturated rings. The zero-order valence-electron chi connectivity index (χ0n) is 18.8. The average Bonchev–Trinajstić information content (AvgIpc) is 3.33. The highest BCUT2D eigenvalue weighted by Crippen LogP contribution is 2.18. The third-order valence-corrected chi connectivity index (χ3v) is 8.49. The van der Waals surface area contributed by atoms with E-state index in [-0.39, 0.29) is 9.75 Å². The Kier molecular flexibility index (Phi) is 7.06. The molecule has 0 bridgehead atoms. The molecule has 0 aliphatic carbocycles. The summed E-state index contributed by atoms with van der Waals surface area (Å²) < 4.78 is 6.02. The molecule has 1 aliphatic rings. The predicted molar refractivity (Wildman–Crippen MR) is 139 cm³/mol. The molecule has 2 aromatic heterocycles. The van der Waals surface area contributed by atoms with Crippen molar-refractivity contribution in [2.24, 2.45) is 0 Å². The summed E-state index contributed by atoms with van der Waals surface area (Å²) >= 11 is 2.69. The summed E-state index contributed by atoms with van der Waals surface area (Å²) in [6.07, 6.45) is 3.15. The van der Waals surface area contributed by atoms with Crippen LogP contribution in [-0.2, 0) is 13.1 Å². The van der Waals surface area contributed by atoms with Gasteiger partial charge in [0.05, 0.1) is 20.4 Å². The van der Waals surface area contributed by atoms with Crippen molar-refractivity contribution in [1.29, 1.82) is 0 Å². The van der Waals surface area contributed by atoms with Gasteiger partial charge in [0.25, 0.3) is 0 Å². The molecule has 0 amide bonds. The van der Waals surface area contributed by atoms with Crippen molar-refractivity contribution < 1.29 is 0 Å². The fourth-order valence-electron chi connectivity index (χ4n) is 4.75. The minimum atomic E-state index is 0.152. The van der Waals surface area contributed by atoms with Crippen LogP contribution in [0.15, 0.2) is 58.1 Å². The van der Waals surface area contributed by atoms with Gasteiger partial charge in [0.1, 0.15) is 0 Å². The van der Waals surface area contributed by atoms with Gasteiger partial charge >= 0.3 is 9.75 Å². The molecule has 4 aromatic rings. The number of fused-ring (bicyclic) bond motifs is 2. The lowest BCUT2D eigenvalue weighted by atomic mass is 10.2. The van der Waals surface area contributed by atoms with E-state index in [0.29, 0.717) is 0 Å². The van der Waals surface area contributed by atoms with E-state index in [4.69, 9.17) is 0 Å². The fourth-order valence-corrected chi connectivity index (χ4v) is 6.58. The van der Waals surface area contributed by atoms with Crippen LogP contribution < -0.4 is 9.75 Å². The minimum absolute atomic E-state index is 0.152. The maximum absolute atomic E-state index is 12.3. The summed E-state index contributed by atoms with van der Waals surface area (Å²) in [4.78, 5) is 29.9. The SMILES string of the molecule is O=c1sc2ccccc2n1CCCCN1CCN(CCCn2c(=O)sc3ccccc32)CC1. The molecule has 0 saturated carbocycles. The van der Waals surface area contributed by atoms with Gasteiger partial charge in [-0.15, -0.1) is 0 Å². The van der Waals surface area contributed by atoms with Crippen LogP contribution in [0.25, 0.3) is 20.4 Å². The van der Waals surface area contributed by atoms with Crippen LogP contribution >= 0.6 is 22.7 Å². The molecular formula is C25H30N4O2S2. The van der Waals surface area contributed by atoms with E-state index >= 15 is 0 Å². The number of hydrogen-bond donors (Lipinski definition) is 0. The maximum atomic E-state index is 12.3. The first-order valence-corrected chi connectivity index (χ1v) is 13.4. The van der Waals surface area contributed by atoms with Gasteiger partial charge in [0.2, 0.25) is 0 Å². The molecule has 0 unspecified atom stereocenters. The second kappa shape index (κ2) is 10.3. The molecule has 5 rings (SSSR count). The number of nitrogens with zero attached hydrogens (tertiary/aromatic N) is 4. The van der Waals surface area contributed by atoms with Crippen molar-refractivity contribution in [3.8, 4) is 0 Å². The Morgan fingerprint density at radius 3 is 1.55 bits per heavy atom. The van der Waals surface area contributed by atoms with Crippen molar-refractivity contribution in [3.63, 3.8) is 0 Å². The highest BCUT2D eigenvalue weighted by Gasteiger charge is 2.16. The Balaban J connectivity index is 1.02. The van der Waals surface area contributed by atoms with Crippen molar-refractivity contribution in [3.05, 3.63) is 67.9 Å². The first-order valence-electron chi connectivity index (χ1n) is 11.8. The van der Waals surface area contributed by atoms with E-state index in [0.717, 1.165) is 92.1 Å². The molecule has 0 radical (unpaired) electrons. The van der Waals surface area contributed by atoms with Crippen LogP contribution in [-0.4, -0.2) is 58.2 Å². The van der Waals surface area contributed by atoms with E-state index in [1.54, 1.807) is 0 Å². The van der Waals surface area contributed by atoms with Gasteiger partial charge < -0.3 is 9.80 Å². The summed E-state index contributed by atoms with van der Waals surface area (Å²) in [7, 11) is 0. The van der Waals surface area contributed by atoms with Gasteiger partial charge in [-0.25, -0.2) is 0 Å². The summed E-state index contributed by atoms with van der Waals surface area (Å²) in [5, 5.41) is 0. The second-order valence-electron chi connectivity index (χ2n) is 8.72. The molecule has 0 spiro atoms. The van der Waals surface area contributed by atoms with Crippen LogP contribution in [0.3, 0.4) is 0 Å². The van der Waals surface area contributed by atoms with E-state index in [2.05, 4.69) is 9.80 Å². The molecule has 0 atom stereocenters. The average molecular weight is 483 g/mol.